The zero-order chi connectivity index (χ0) is 24.9. The van der Waals surface area contributed by atoms with Crippen molar-refractivity contribution in [3.63, 3.8) is 0 Å². The van der Waals surface area contributed by atoms with E-state index in [9.17, 15) is 24.7 Å². The van der Waals surface area contributed by atoms with Crippen LogP contribution >= 0.6 is 23.3 Å². The third-order valence-corrected chi connectivity index (χ3v) is 7.31. The Morgan fingerprint density at radius 2 is 2.17 bits per heavy atom. The number of hydrogen-bond donors (Lipinski definition) is 5. The minimum Gasteiger partial charge on any atom is -0.477 e. The van der Waals surface area contributed by atoms with Crippen LogP contribution in [0.1, 0.15) is 5.82 Å². The molecule has 1 fully saturated rings. The molecule has 35 heavy (non-hydrogen) atoms. The van der Waals surface area contributed by atoms with E-state index in [0.717, 1.165) is 16.4 Å². The molecule has 2 aliphatic rings. The van der Waals surface area contributed by atoms with Crippen LogP contribution < -0.4 is 21.4 Å². The average Bonchev–Trinajstić information content (AvgIpc) is 3.40. The van der Waals surface area contributed by atoms with Gasteiger partial charge >= 0.3 is 11.6 Å². The molecule has 180 valence electrons. The molecular formula is C18H17N10O5S2+. The van der Waals surface area contributed by atoms with E-state index in [4.69, 9.17) is 11.5 Å². The number of thioether (sulfide) groups is 1. The lowest BCUT2D eigenvalue weighted by molar-refractivity contribution is -0.662. The lowest BCUT2D eigenvalue weighted by Gasteiger charge is -2.49. The number of nitrogens with one attached hydrogen (secondary N) is 1. The number of aliphatic carboxylic acids is 1. The van der Waals surface area contributed by atoms with Crippen molar-refractivity contribution >= 4 is 63.4 Å². The van der Waals surface area contributed by atoms with E-state index < -0.39 is 34.9 Å². The molecular weight excluding hydrogens is 500 g/mol. The molecule has 5 rings (SSSR count). The number of fused-ring (bicyclic) bond motifs is 2. The summed E-state index contributed by atoms with van der Waals surface area (Å²) in [4.78, 5) is 42.6. The molecule has 2 amide bonds. The highest BCUT2D eigenvalue weighted by atomic mass is 32.2. The fourth-order valence-corrected chi connectivity index (χ4v) is 5.70. The first-order chi connectivity index (χ1) is 16.8. The van der Waals surface area contributed by atoms with Gasteiger partial charge in [0.05, 0.1) is 6.20 Å². The average molecular weight is 518 g/mol. The van der Waals surface area contributed by atoms with Gasteiger partial charge in [0.2, 0.25) is 11.5 Å². The summed E-state index contributed by atoms with van der Waals surface area (Å²) in [6.45, 7) is 0.173. The summed E-state index contributed by atoms with van der Waals surface area (Å²) in [7, 11) is 0. The molecule has 0 aromatic carbocycles. The zero-order valence-corrected chi connectivity index (χ0v) is 19.2. The molecule has 15 nitrogen and oxygen atoms in total. The lowest BCUT2D eigenvalue weighted by Crippen LogP contribution is -2.71. The van der Waals surface area contributed by atoms with Gasteiger partial charge in [0.1, 0.15) is 23.7 Å². The standard InChI is InChI=1S/C18H16N10O5S2/c19-8-5-26(9-2-1-3-21-28(8)9)4-7-6-34-16-11(15(30)27(16)12(7)17(31)32)22-14(29)10(24-33)13-23-18(20)35-25-13/h1-3,5,11,16H,4,6H2,(H6-,19,20,21,22,23,25,29,31,32,33)/p+1/t11-,16-/m1/s1. The van der Waals surface area contributed by atoms with Crippen molar-refractivity contribution in [1.29, 1.82) is 0 Å². The number of nitrogens with zero attached hydrogens (tertiary/aromatic N) is 7. The number of β-lactam (4-membered cyclic amide) rings is 1. The number of carboxylic acids is 1. The number of hydrogen-bond acceptors (Lipinski definition) is 12. The smallest absolute Gasteiger partial charge is 0.352 e. The molecule has 1 saturated heterocycles. The molecule has 5 heterocycles. The summed E-state index contributed by atoms with van der Waals surface area (Å²) < 4.78 is 7.09. The molecule has 0 saturated carbocycles. The number of carbonyl (C=O) groups excluding carboxylic acids is 2. The first-order valence-electron chi connectivity index (χ1n) is 9.94. The first kappa shape index (κ1) is 22.5. The van der Waals surface area contributed by atoms with E-state index >= 15 is 0 Å². The van der Waals surface area contributed by atoms with E-state index in [0.29, 0.717) is 17.0 Å². The Hall–Kier alpha value is -4.25. The predicted molar refractivity (Wildman–Crippen MR) is 122 cm³/mol. The van der Waals surface area contributed by atoms with Gasteiger partial charge in [-0.2, -0.15) is 9.36 Å². The van der Waals surface area contributed by atoms with Gasteiger partial charge in [-0.3, -0.25) is 14.5 Å². The number of imidazole rings is 1. The highest BCUT2D eigenvalue weighted by molar-refractivity contribution is 8.00. The third-order valence-electron chi connectivity index (χ3n) is 5.42. The number of carbonyl (C=O) groups is 3. The second-order valence-corrected chi connectivity index (χ2v) is 9.39. The third kappa shape index (κ3) is 3.69. The van der Waals surface area contributed by atoms with Crippen molar-refractivity contribution in [3.05, 3.63) is 41.6 Å². The van der Waals surface area contributed by atoms with E-state index in [1.165, 1.54) is 16.3 Å². The van der Waals surface area contributed by atoms with Crippen molar-refractivity contribution in [2.45, 2.75) is 18.0 Å². The molecule has 17 heteroatoms. The molecule has 0 spiro atoms. The molecule has 3 aromatic heterocycles. The molecule has 0 unspecified atom stereocenters. The fraction of sp³-hybridized carbons (Fsp3) is 0.222. The highest BCUT2D eigenvalue weighted by Crippen LogP contribution is 2.40. The van der Waals surface area contributed by atoms with Gasteiger partial charge in [-0.25, -0.2) is 9.36 Å². The second kappa shape index (κ2) is 8.51. The Morgan fingerprint density at radius 3 is 2.86 bits per heavy atom. The molecule has 2 atom stereocenters. The van der Waals surface area contributed by atoms with Crippen LogP contribution in [0.4, 0.5) is 10.9 Å². The van der Waals surface area contributed by atoms with Crippen molar-refractivity contribution in [2.75, 3.05) is 17.2 Å². The quantitative estimate of drug-likeness (QED) is 0.0812. The van der Waals surface area contributed by atoms with E-state index in [1.807, 2.05) is 0 Å². The Morgan fingerprint density at radius 1 is 1.37 bits per heavy atom. The SMILES string of the molecule is Nc1nc(/C(=N\O)C(=O)N[C@@H]2C(=O)N3C(C(=O)O)=C(C[n+]4cc(N)n5ncccc54)CS[C@H]23)ns1. The summed E-state index contributed by atoms with van der Waals surface area (Å²) in [5.74, 6) is -2.29. The van der Waals surface area contributed by atoms with Gasteiger partial charge in [-0.05, 0) is 6.07 Å². The van der Waals surface area contributed by atoms with Crippen LogP contribution in [0.3, 0.4) is 0 Å². The van der Waals surface area contributed by atoms with Gasteiger partial charge in [-0.15, -0.1) is 11.8 Å². The van der Waals surface area contributed by atoms with Gasteiger partial charge < -0.3 is 27.1 Å². The Labute approximate surface area is 203 Å². The summed E-state index contributed by atoms with van der Waals surface area (Å²) in [5.41, 5.74) is 12.0. The molecule has 3 aromatic rings. The second-order valence-electron chi connectivity index (χ2n) is 7.50. The first-order valence-corrected chi connectivity index (χ1v) is 11.8. The van der Waals surface area contributed by atoms with Crippen LogP contribution in [0.5, 0.6) is 0 Å². The fourth-order valence-electron chi connectivity index (χ4n) is 3.93. The van der Waals surface area contributed by atoms with E-state index in [1.54, 1.807) is 29.1 Å². The van der Waals surface area contributed by atoms with Crippen LogP contribution in [0, 0.1) is 0 Å². The largest absolute Gasteiger partial charge is 0.477 e. The summed E-state index contributed by atoms with van der Waals surface area (Å²) in [5, 5.41) is 28.1. The van der Waals surface area contributed by atoms with Gasteiger partial charge in [0, 0.05) is 28.9 Å². The van der Waals surface area contributed by atoms with Crippen LogP contribution in [0.25, 0.3) is 5.65 Å². The van der Waals surface area contributed by atoms with E-state index in [-0.39, 0.29) is 29.0 Å². The van der Waals surface area contributed by atoms with Crippen LogP contribution in [0.2, 0.25) is 0 Å². The van der Waals surface area contributed by atoms with Crippen molar-refractivity contribution < 1.29 is 29.3 Å². The number of aromatic nitrogens is 5. The topological polar surface area (TPSA) is 218 Å². The number of amides is 2. The molecule has 0 radical (unpaired) electrons. The number of anilines is 2. The summed E-state index contributed by atoms with van der Waals surface area (Å²) in [6, 6.07) is 2.49. The number of nitrogen functional groups attached to an aromatic ring is 2. The van der Waals surface area contributed by atoms with Gasteiger partial charge in [0.25, 0.3) is 17.6 Å². The number of nitrogens with two attached hydrogens (primary N) is 2. The Bertz CT molecular complexity index is 1450. The summed E-state index contributed by atoms with van der Waals surface area (Å²) >= 11 is 2.11. The lowest BCUT2D eigenvalue weighted by atomic mass is 10.0. The van der Waals surface area contributed by atoms with Crippen LogP contribution in [-0.4, -0.2) is 74.8 Å². The van der Waals surface area contributed by atoms with Crippen molar-refractivity contribution in [1.82, 2.24) is 29.2 Å². The molecule has 0 aliphatic carbocycles. The molecule has 7 N–H and O–H groups in total. The Kier molecular flexibility index (Phi) is 5.48. The van der Waals surface area contributed by atoms with E-state index in [2.05, 4.69) is 24.9 Å². The van der Waals surface area contributed by atoms with Gasteiger partial charge in [-0.1, -0.05) is 14.8 Å². The molecule has 2 aliphatic heterocycles. The maximum Gasteiger partial charge on any atom is 0.352 e. The maximum absolute atomic E-state index is 12.9. The summed E-state index contributed by atoms with van der Waals surface area (Å²) in [6.07, 6.45) is 3.22. The highest BCUT2D eigenvalue weighted by Gasteiger charge is 2.54. The van der Waals surface area contributed by atoms with Crippen LogP contribution in [0.15, 0.2) is 41.0 Å². The maximum atomic E-state index is 12.9. The monoisotopic (exact) mass is 517 g/mol. The minimum absolute atomic E-state index is 0.0675. The predicted octanol–water partition coefficient (Wildman–Crippen LogP) is -1.75. The normalized spacial score (nSPS) is 20.1. The molecule has 0 bridgehead atoms. The van der Waals surface area contributed by atoms with Gasteiger partial charge in [0.15, 0.2) is 11.3 Å². The van der Waals surface area contributed by atoms with Crippen molar-refractivity contribution in [2.24, 2.45) is 5.16 Å². The minimum atomic E-state index is -1.27. The van der Waals surface area contributed by atoms with Crippen LogP contribution in [-0.2, 0) is 20.9 Å². The Balaban J connectivity index is 1.38. The number of oxime groups is 1. The van der Waals surface area contributed by atoms with Crippen molar-refractivity contribution in [3.8, 4) is 0 Å². The number of carboxylic acid groups (broad SMARTS) is 1. The number of rotatable bonds is 6. The zero-order valence-electron chi connectivity index (χ0n) is 17.6.